The Labute approximate surface area is 151 Å². The fourth-order valence-electron chi connectivity index (χ4n) is 2.88. The molecule has 0 fully saturated rings. The normalized spacial score (nSPS) is 11.0. The molecule has 4 heteroatoms. The van der Waals surface area contributed by atoms with Crippen LogP contribution in [0.15, 0.2) is 60.7 Å². The lowest BCUT2D eigenvalue weighted by Gasteiger charge is -2.11. The van der Waals surface area contributed by atoms with Gasteiger partial charge in [0, 0.05) is 17.0 Å². The summed E-state index contributed by atoms with van der Waals surface area (Å²) in [5.41, 5.74) is 3.50. The lowest BCUT2D eigenvalue weighted by Crippen LogP contribution is -2.02. The molecule has 0 aliphatic heterocycles. The number of nitrogens with one attached hydrogen (secondary N) is 1. The van der Waals surface area contributed by atoms with E-state index in [0.717, 1.165) is 34.0 Å². The first-order chi connectivity index (χ1) is 12.2. The third kappa shape index (κ3) is 3.39. The zero-order chi connectivity index (χ0) is 17.2. The predicted molar refractivity (Wildman–Crippen MR) is 106 cm³/mol. The molecule has 0 saturated heterocycles. The van der Waals surface area contributed by atoms with Gasteiger partial charge in [-0.1, -0.05) is 48.5 Å². The van der Waals surface area contributed by atoms with Crippen LogP contribution in [0.5, 0.6) is 0 Å². The first kappa shape index (κ1) is 15.8. The molecule has 25 heavy (non-hydrogen) atoms. The van der Waals surface area contributed by atoms with Crippen molar-refractivity contribution in [3.8, 4) is 0 Å². The molecule has 0 atom stereocenters. The van der Waals surface area contributed by atoms with E-state index in [1.165, 1.54) is 16.0 Å². The van der Waals surface area contributed by atoms with E-state index in [2.05, 4.69) is 61.6 Å². The van der Waals surface area contributed by atoms with Gasteiger partial charge in [-0.25, -0.2) is 9.97 Å². The average Bonchev–Trinajstić information content (AvgIpc) is 2.98. The summed E-state index contributed by atoms with van der Waals surface area (Å²) in [5.74, 6) is 1.73. The van der Waals surface area contributed by atoms with Gasteiger partial charge < -0.3 is 5.32 Å². The molecule has 2 aromatic carbocycles. The lowest BCUT2D eigenvalue weighted by atomic mass is 10.1. The van der Waals surface area contributed by atoms with Gasteiger partial charge in [-0.3, -0.25) is 0 Å². The van der Waals surface area contributed by atoms with Crippen molar-refractivity contribution in [3.05, 3.63) is 82.5 Å². The molecule has 0 amide bonds. The smallest absolute Gasteiger partial charge is 0.142 e. The molecule has 0 radical (unpaired) electrons. The van der Waals surface area contributed by atoms with Crippen LogP contribution in [-0.2, 0) is 6.42 Å². The van der Waals surface area contributed by atoms with E-state index in [9.17, 15) is 0 Å². The molecule has 2 aromatic heterocycles. The number of rotatable bonds is 4. The van der Waals surface area contributed by atoms with Crippen LogP contribution in [0.25, 0.3) is 10.2 Å². The third-order valence-corrected chi connectivity index (χ3v) is 5.11. The number of anilines is 2. The van der Waals surface area contributed by atoms with Crippen molar-refractivity contribution < 1.29 is 0 Å². The molecule has 4 rings (SSSR count). The van der Waals surface area contributed by atoms with Gasteiger partial charge in [0.1, 0.15) is 16.5 Å². The van der Waals surface area contributed by atoms with Gasteiger partial charge in [0.05, 0.1) is 5.39 Å². The molecule has 0 unspecified atom stereocenters. The van der Waals surface area contributed by atoms with Crippen molar-refractivity contribution in [2.24, 2.45) is 0 Å². The van der Waals surface area contributed by atoms with Crippen LogP contribution in [0.2, 0.25) is 0 Å². The number of nitrogens with zero attached hydrogens (tertiary/aromatic N) is 2. The van der Waals surface area contributed by atoms with E-state index in [4.69, 9.17) is 9.97 Å². The maximum atomic E-state index is 4.83. The number of hydrogen-bond donors (Lipinski definition) is 1. The maximum Gasteiger partial charge on any atom is 0.142 e. The molecule has 3 nitrogen and oxygen atoms in total. The third-order valence-electron chi connectivity index (χ3n) is 4.17. The molecule has 0 aliphatic carbocycles. The predicted octanol–water partition coefficient (Wildman–Crippen LogP) is 5.64. The van der Waals surface area contributed by atoms with Gasteiger partial charge in [0.2, 0.25) is 0 Å². The van der Waals surface area contributed by atoms with E-state index >= 15 is 0 Å². The van der Waals surface area contributed by atoms with Crippen molar-refractivity contribution in [3.63, 3.8) is 0 Å². The van der Waals surface area contributed by atoms with Crippen molar-refractivity contribution >= 4 is 33.1 Å². The molecule has 0 spiro atoms. The van der Waals surface area contributed by atoms with Crippen LogP contribution in [0.3, 0.4) is 0 Å². The highest BCUT2D eigenvalue weighted by atomic mass is 32.1. The Kier molecular flexibility index (Phi) is 4.20. The van der Waals surface area contributed by atoms with E-state index in [1.807, 2.05) is 18.2 Å². The van der Waals surface area contributed by atoms with Gasteiger partial charge in [0.15, 0.2) is 0 Å². The van der Waals surface area contributed by atoms with E-state index in [-0.39, 0.29) is 0 Å². The van der Waals surface area contributed by atoms with Crippen molar-refractivity contribution in [2.45, 2.75) is 20.3 Å². The van der Waals surface area contributed by atoms with Crippen LogP contribution >= 0.6 is 11.3 Å². The fourth-order valence-corrected chi connectivity index (χ4v) is 3.78. The molecule has 0 saturated carbocycles. The minimum absolute atomic E-state index is 0.732. The molecule has 1 N–H and O–H groups in total. The molecule has 124 valence electrons. The minimum atomic E-state index is 0.732. The monoisotopic (exact) mass is 345 g/mol. The Bertz CT molecular complexity index is 1020. The second-order valence-corrected chi connectivity index (χ2v) is 7.40. The first-order valence-electron chi connectivity index (χ1n) is 8.33. The van der Waals surface area contributed by atoms with Crippen LogP contribution in [0, 0.1) is 13.8 Å². The second kappa shape index (κ2) is 6.65. The molecule has 2 heterocycles. The second-order valence-electron chi connectivity index (χ2n) is 6.17. The van der Waals surface area contributed by atoms with Crippen LogP contribution in [0.1, 0.15) is 21.8 Å². The number of hydrogen-bond acceptors (Lipinski definition) is 4. The lowest BCUT2D eigenvalue weighted by molar-refractivity contribution is 0.999. The van der Waals surface area contributed by atoms with Gasteiger partial charge in [0.25, 0.3) is 0 Å². The summed E-state index contributed by atoms with van der Waals surface area (Å²) in [6.07, 6.45) is 0.732. The number of benzene rings is 2. The Morgan fingerprint density at radius 2 is 1.68 bits per heavy atom. The highest BCUT2D eigenvalue weighted by Crippen LogP contribution is 2.31. The summed E-state index contributed by atoms with van der Waals surface area (Å²) < 4.78 is 0. The van der Waals surface area contributed by atoms with Gasteiger partial charge in [-0.15, -0.1) is 11.3 Å². The van der Waals surface area contributed by atoms with Crippen LogP contribution in [0.4, 0.5) is 11.5 Å². The number of aryl methyl sites for hydroxylation is 2. The fraction of sp³-hybridized carbons (Fsp3) is 0.143. The SMILES string of the molecule is Cc1cc2c(Nc3ccccc3C)nc(Cc3ccccc3)nc2s1. The summed E-state index contributed by atoms with van der Waals surface area (Å²) in [6.45, 7) is 4.21. The Morgan fingerprint density at radius 3 is 2.48 bits per heavy atom. The quantitative estimate of drug-likeness (QED) is 0.520. The van der Waals surface area contributed by atoms with Gasteiger partial charge >= 0.3 is 0 Å². The van der Waals surface area contributed by atoms with E-state index in [1.54, 1.807) is 11.3 Å². The van der Waals surface area contributed by atoms with Crippen LogP contribution in [-0.4, -0.2) is 9.97 Å². The van der Waals surface area contributed by atoms with Crippen LogP contribution < -0.4 is 5.32 Å². The Hall–Kier alpha value is -2.72. The summed E-state index contributed by atoms with van der Waals surface area (Å²) in [6, 6.07) is 20.8. The zero-order valence-electron chi connectivity index (χ0n) is 14.3. The largest absolute Gasteiger partial charge is 0.339 e. The summed E-state index contributed by atoms with van der Waals surface area (Å²) >= 11 is 1.71. The van der Waals surface area contributed by atoms with Crippen molar-refractivity contribution in [1.82, 2.24) is 9.97 Å². The number of aromatic nitrogens is 2. The summed E-state index contributed by atoms with van der Waals surface area (Å²) in [4.78, 5) is 11.9. The van der Waals surface area contributed by atoms with Gasteiger partial charge in [-0.05, 0) is 37.1 Å². The molecular formula is C21H19N3S. The summed E-state index contributed by atoms with van der Waals surface area (Å²) in [7, 11) is 0. The Morgan fingerprint density at radius 1 is 0.920 bits per heavy atom. The topological polar surface area (TPSA) is 37.8 Å². The maximum absolute atomic E-state index is 4.83. The molecular weight excluding hydrogens is 326 g/mol. The minimum Gasteiger partial charge on any atom is -0.339 e. The van der Waals surface area contributed by atoms with E-state index in [0.29, 0.717) is 0 Å². The Balaban J connectivity index is 1.77. The van der Waals surface area contributed by atoms with Crippen molar-refractivity contribution in [1.29, 1.82) is 0 Å². The summed E-state index contributed by atoms with van der Waals surface area (Å²) in [5, 5.41) is 4.60. The highest BCUT2D eigenvalue weighted by molar-refractivity contribution is 7.18. The zero-order valence-corrected chi connectivity index (χ0v) is 15.1. The van der Waals surface area contributed by atoms with Crippen molar-refractivity contribution in [2.75, 3.05) is 5.32 Å². The highest BCUT2D eigenvalue weighted by Gasteiger charge is 2.12. The first-order valence-corrected chi connectivity index (χ1v) is 9.14. The number of thiophene rings is 1. The standard InChI is InChI=1S/C21H19N3S/c1-14-8-6-7-11-18(14)22-20-17-12-15(2)25-21(17)24-19(23-20)13-16-9-4-3-5-10-16/h3-12H,13H2,1-2H3,(H,22,23,24). The number of fused-ring (bicyclic) bond motifs is 1. The number of para-hydroxylation sites is 1. The van der Waals surface area contributed by atoms with E-state index < -0.39 is 0 Å². The molecule has 4 aromatic rings. The van der Waals surface area contributed by atoms with Gasteiger partial charge in [-0.2, -0.15) is 0 Å². The average molecular weight is 345 g/mol. The molecule has 0 bridgehead atoms. The molecule has 0 aliphatic rings.